The lowest BCUT2D eigenvalue weighted by Crippen LogP contribution is -2.43. The second-order valence-electron chi connectivity index (χ2n) is 4.34. The fourth-order valence-electron chi connectivity index (χ4n) is 1.36. The van der Waals surface area contributed by atoms with E-state index in [-0.39, 0.29) is 12.5 Å². The summed E-state index contributed by atoms with van der Waals surface area (Å²) in [6, 6.07) is -0.854. The number of ether oxygens (including phenoxy) is 2. The van der Waals surface area contributed by atoms with Crippen molar-refractivity contribution in [2.24, 2.45) is 5.92 Å². The molecule has 1 atom stereocenters. The topological polar surface area (TPSA) is 84.9 Å². The Bertz CT molecular complexity index is 255. The Morgan fingerprint density at radius 1 is 1.22 bits per heavy atom. The predicted octanol–water partition coefficient (Wildman–Crippen LogP) is 0.655. The van der Waals surface area contributed by atoms with E-state index in [9.17, 15) is 9.59 Å². The van der Waals surface area contributed by atoms with Gasteiger partial charge in [-0.15, -0.1) is 0 Å². The number of hydrogen-bond donors (Lipinski definition) is 2. The monoisotopic (exact) mass is 261 g/mol. The lowest BCUT2D eigenvalue weighted by molar-refractivity contribution is -0.143. The Hall–Kier alpha value is -1.14. The van der Waals surface area contributed by atoms with Crippen molar-refractivity contribution in [2.75, 3.05) is 26.4 Å². The molecule has 0 saturated carbocycles. The summed E-state index contributed by atoms with van der Waals surface area (Å²) in [5.74, 6) is -1.24. The smallest absolute Gasteiger partial charge is 0.326 e. The van der Waals surface area contributed by atoms with E-state index >= 15 is 0 Å². The number of hydrogen-bond acceptors (Lipinski definition) is 4. The first-order valence-electron chi connectivity index (χ1n) is 6.15. The largest absolute Gasteiger partial charge is 0.480 e. The summed E-state index contributed by atoms with van der Waals surface area (Å²) in [5.41, 5.74) is 0. The molecule has 0 aromatic carbocycles. The molecule has 0 fully saturated rings. The summed E-state index contributed by atoms with van der Waals surface area (Å²) in [4.78, 5) is 22.3. The molecule has 0 rings (SSSR count). The maximum Gasteiger partial charge on any atom is 0.326 e. The molecular weight excluding hydrogens is 238 g/mol. The number of carbonyl (C=O) groups is 2. The summed E-state index contributed by atoms with van der Waals surface area (Å²) < 4.78 is 10.1. The highest BCUT2D eigenvalue weighted by Crippen LogP contribution is 2.04. The van der Waals surface area contributed by atoms with E-state index in [0.717, 1.165) is 0 Å². The van der Waals surface area contributed by atoms with Crippen molar-refractivity contribution in [2.45, 2.75) is 33.2 Å². The fraction of sp³-hybridized carbons (Fsp3) is 0.833. The number of rotatable bonds is 10. The Morgan fingerprint density at radius 3 is 2.33 bits per heavy atom. The van der Waals surface area contributed by atoms with Crippen LogP contribution >= 0.6 is 0 Å². The maximum absolute atomic E-state index is 11.4. The number of amides is 1. The minimum atomic E-state index is -1.02. The second-order valence-corrected chi connectivity index (χ2v) is 4.34. The summed E-state index contributed by atoms with van der Waals surface area (Å²) in [6.45, 7) is 6.89. The Balaban J connectivity index is 3.85. The maximum atomic E-state index is 11.4. The minimum Gasteiger partial charge on any atom is -0.480 e. The number of nitrogens with one attached hydrogen (secondary N) is 1. The molecule has 0 unspecified atom stereocenters. The molecule has 0 aromatic rings. The molecular formula is C12H23NO5. The van der Waals surface area contributed by atoms with E-state index in [4.69, 9.17) is 14.6 Å². The molecule has 18 heavy (non-hydrogen) atoms. The van der Waals surface area contributed by atoms with Gasteiger partial charge in [-0.25, -0.2) is 4.79 Å². The normalized spacial score (nSPS) is 12.4. The van der Waals surface area contributed by atoms with Crippen LogP contribution in [0.4, 0.5) is 0 Å². The summed E-state index contributed by atoms with van der Waals surface area (Å²) in [7, 11) is 0. The van der Waals surface area contributed by atoms with Crippen LogP contribution in [0.5, 0.6) is 0 Å². The van der Waals surface area contributed by atoms with Crippen molar-refractivity contribution >= 4 is 11.9 Å². The van der Waals surface area contributed by atoms with Crippen molar-refractivity contribution < 1.29 is 24.2 Å². The van der Waals surface area contributed by atoms with Crippen LogP contribution in [0.1, 0.15) is 27.2 Å². The van der Waals surface area contributed by atoms with E-state index in [0.29, 0.717) is 26.2 Å². The van der Waals surface area contributed by atoms with Crippen LogP contribution in [0.2, 0.25) is 0 Å². The van der Waals surface area contributed by atoms with Crippen LogP contribution < -0.4 is 5.32 Å². The molecule has 6 nitrogen and oxygen atoms in total. The Labute approximate surface area is 108 Å². The molecule has 0 aliphatic rings. The number of carboxylic acid groups (broad SMARTS) is 1. The molecule has 1 amide bonds. The first kappa shape index (κ1) is 16.9. The van der Waals surface area contributed by atoms with Crippen LogP contribution in [0.3, 0.4) is 0 Å². The zero-order valence-electron chi connectivity index (χ0n) is 11.3. The van der Waals surface area contributed by atoms with Gasteiger partial charge in [0.1, 0.15) is 12.6 Å². The summed E-state index contributed by atoms with van der Waals surface area (Å²) in [6.07, 6.45) is 0.403. The quantitative estimate of drug-likeness (QED) is 0.564. The number of carboxylic acids is 1. The van der Waals surface area contributed by atoms with Gasteiger partial charge in [0.25, 0.3) is 0 Å². The number of carbonyl (C=O) groups excluding carboxylic acids is 1. The van der Waals surface area contributed by atoms with E-state index in [1.54, 1.807) is 0 Å². The van der Waals surface area contributed by atoms with Crippen LogP contribution in [0.15, 0.2) is 0 Å². The van der Waals surface area contributed by atoms with Gasteiger partial charge in [-0.3, -0.25) is 4.79 Å². The van der Waals surface area contributed by atoms with Gasteiger partial charge in [0.05, 0.1) is 13.2 Å². The first-order chi connectivity index (χ1) is 8.47. The molecule has 0 aliphatic carbocycles. The highest BCUT2D eigenvalue weighted by Gasteiger charge is 2.20. The van der Waals surface area contributed by atoms with Gasteiger partial charge in [0, 0.05) is 6.61 Å². The Morgan fingerprint density at radius 2 is 1.83 bits per heavy atom. The lowest BCUT2D eigenvalue weighted by Gasteiger charge is -2.16. The minimum absolute atomic E-state index is 0.144. The molecule has 0 heterocycles. The Kier molecular flexibility index (Phi) is 9.22. The van der Waals surface area contributed by atoms with Crippen molar-refractivity contribution in [3.63, 3.8) is 0 Å². The number of aliphatic carboxylic acids is 1. The predicted molar refractivity (Wildman–Crippen MR) is 66.3 cm³/mol. The third kappa shape index (κ3) is 8.95. The van der Waals surface area contributed by atoms with E-state index < -0.39 is 17.9 Å². The lowest BCUT2D eigenvalue weighted by atomic mass is 10.0. The van der Waals surface area contributed by atoms with Gasteiger partial charge < -0.3 is 19.9 Å². The van der Waals surface area contributed by atoms with Gasteiger partial charge in [-0.1, -0.05) is 13.8 Å². The van der Waals surface area contributed by atoms with Crippen LogP contribution in [-0.2, 0) is 19.1 Å². The van der Waals surface area contributed by atoms with Gasteiger partial charge in [-0.05, 0) is 19.3 Å². The van der Waals surface area contributed by atoms with Crippen molar-refractivity contribution in [1.29, 1.82) is 0 Å². The average Bonchev–Trinajstić information content (AvgIpc) is 2.27. The summed E-state index contributed by atoms with van der Waals surface area (Å²) in [5, 5.41) is 11.4. The molecule has 0 saturated heterocycles. The molecule has 0 aliphatic heterocycles. The van der Waals surface area contributed by atoms with Crippen LogP contribution in [-0.4, -0.2) is 49.5 Å². The van der Waals surface area contributed by atoms with Gasteiger partial charge in [0.15, 0.2) is 0 Å². The highest BCUT2D eigenvalue weighted by atomic mass is 16.5. The van der Waals surface area contributed by atoms with Crippen molar-refractivity contribution in [1.82, 2.24) is 5.32 Å². The van der Waals surface area contributed by atoms with Crippen molar-refractivity contribution in [3.05, 3.63) is 0 Å². The van der Waals surface area contributed by atoms with Gasteiger partial charge in [-0.2, -0.15) is 0 Å². The van der Waals surface area contributed by atoms with E-state index in [1.807, 2.05) is 20.8 Å². The summed E-state index contributed by atoms with van der Waals surface area (Å²) >= 11 is 0. The van der Waals surface area contributed by atoms with E-state index in [2.05, 4.69) is 5.32 Å². The first-order valence-corrected chi connectivity index (χ1v) is 6.15. The molecule has 0 aromatic heterocycles. The third-order valence-electron chi connectivity index (χ3n) is 2.15. The fourth-order valence-corrected chi connectivity index (χ4v) is 1.36. The van der Waals surface area contributed by atoms with Crippen LogP contribution in [0, 0.1) is 5.92 Å². The SMILES string of the molecule is CCOCCOCC(=O)N[C@H](CC(C)C)C(=O)O. The van der Waals surface area contributed by atoms with Gasteiger partial charge >= 0.3 is 5.97 Å². The highest BCUT2D eigenvalue weighted by molar-refractivity contribution is 5.84. The van der Waals surface area contributed by atoms with Gasteiger partial charge in [0.2, 0.25) is 5.91 Å². The second kappa shape index (κ2) is 9.85. The standard InChI is InChI=1S/C12H23NO5/c1-4-17-5-6-18-8-11(14)13-10(12(15)16)7-9(2)3/h9-10H,4-8H2,1-3H3,(H,13,14)(H,15,16)/t10-/m1/s1. The van der Waals surface area contributed by atoms with Crippen LogP contribution in [0.25, 0.3) is 0 Å². The zero-order valence-corrected chi connectivity index (χ0v) is 11.3. The molecule has 2 N–H and O–H groups in total. The molecule has 6 heteroatoms. The van der Waals surface area contributed by atoms with Crippen molar-refractivity contribution in [3.8, 4) is 0 Å². The molecule has 0 radical (unpaired) electrons. The average molecular weight is 261 g/mol. The molecule has 0 bridgehead atoms. The van der Waals surface area contributed by atoms with E-state index in [1.165, 1.54) is 0 Å². The molecule has 0 spiro atoms. The molecule has 106 valence electrons. The zero-order chi connectivity index (χ0) is 14.0. The third-order valence-corrected chi connectivity index (χ3v) is 2.15.